The van der Waals surface area contributed by atoms with Crippen LogP contribution >= 0.6 is 0 Å². The molecule has 1 aromatic carbocycles. The second-order valence-corrected chi connectivity index (χ2v) is 6.84. The lowest BCUT2D eigenvalue weighted by Gasteiger charge is -2.33. The van der Waals surface area contributed by atoms with E-state index in [2.05, 4.69) is 17.1 Å². The molecule has 1 aliphatic heterocycles. The molecule has 132 valence electrons. The van der Waals surface area contributed by atoms with Crippen LogP contribution in [0.2, 0.25) is 0 Å². The molecular weight excluding hydrogens is 312 g/mol. The number of hydrogen-bond acceptors (Lipinski definition) is 3. The molecule has 0 spiro atoms. The molecule has 25 heavy (non-hydrogen) atoms. The Labute approximate surface area is 149 Å². The van der Waals surface area contributed by atoms with E-state index in [-0.39, 0.29) is 5.91 Å². The van der Waals surface area contributed by atoms with Crippen molar-refractivity contribution < 1.29 is 9.53 Å². The molecule has 1 saturated heterocycles. The highest BCUT2D eigenvalue weighted by Gasteiger charge is 2.24. The van der Waals surface area contributed by atoms with Crippen LogP contribution in [0, 0.1) is 12.8 Å². The third-order valence-corrected chi connectivity index (χ3v) is 4.94. The molecule has 4 heteroatoms. The Morgan fingerprint density at radius 2 is 2.20 bits per heavy atom. The van der Waals surface area contributed by atoms with E-state index in [9.17, 15) is 4.79 Å². The van der Waals surface area contributed by atoms with Crippen molar-refractivity contribution >= 4 is 5.91 Å². The van der Waals surface area contributed by atoms with Crippen LogP contribution in [0.15, 0.2) is 42.6 Å². The van der Waals surface area contributed by atoms with Crippen molar-refractivity contribution in [3.63, 3.8) is 0 Å². The van der Waals surface area contributed by atoms with E-state index in [0.29, 0.717) is 11.5 Å². The van der Waals surface area contributed by atoms with E-state index >= 15 is 0 Å². The number of likely N-dealkylation sites (tertiary alicyclic amines) is 1. The number of benzene rings is 1. The molecule has 0 radical (unpaired) electrons. The summed E-state index contributed by atoms with van der Waals surface area (Å²) in [5, 5.41) is 0. The highest BCUT2D eigenvalue weighted by atomic mass is 16.5. The van der Waals surface area contributed by atoms with Crippen LogP contribution < -0.4 is 4.74 Å². The van der Waals surface area contributed by atoms with E-state index in [0.717, 1.165) is 43.8 Å². The van der Waals surface area contributed by atoms with Crippen molar-refractivity contribution in [1.82, 2.24) is 9.88 Å². The minimum Gasteiger partial charge on any atom is -0.497 e. The van der Waals surface area contributed by atoms with Crippen molar-refractivity contribution in [2.45, 2.75) is 32.6 Å². The Morgan fingerprint density at radius 1 is 1.32 bits per heavy atom. The summed E-state index contributed by atoms with van der Waals surface area (Å²) in [4.78, 5) is 18.9. The second-order valence-electron chi connectivity index (χ2n) is 6.84. The van der Waals surface area contributed by atoms with Crippen molar-refractivity contribution in [3.05, 3.63) is 59.4 Å². The number of carbonyl (C=O) groups excluding carboxylic acids is 1. The van der Waals surface area contributed by atoms with Gasteiger partial charge in [-0.15, -0.1) is 0 Å². The largest absolute Gasteiger partial charge is 0.497 e. The molecule has 0 bridgehead atoms. The zero-order chi connectivity index (χ0) is 17.6. The maximum Gasteiger partial charge on any atom is 0.255 e. The molecule has 0 aliphatic carbocycles. The first-order chi connectivity index (χ1) is 12.2. The molecule has 4 nitrogen and oxygen atoms in total. The number of pyridine rings is 1. The van der Waals surface area contributed by atoms with E-state index in [4.69, 9.17) is 4.74 Å². The van der Waals surface area contributed by atoms with Crippen LogP contribution in [0.25, 0.3) is 0 Å². The van der Waals surface area contributed by atoms with Gasteiger partial charge in [0.15, 0.2) is 0 Å². The maximum absolute atomic E-state index is 12.7. The average molecular weight is 338 g/mol. The molecule has 1 atom stereocenters. The molecule has 2 aromatic rings. The molecule has 1 unspecified atom stereocenters. The fourth-order valence-corrected chi connectivity index (χ4v) is 3.46. The molecule has 3 rings (SSSR count). The second kappa shape index (κ2) is 8.15. The Hall–Kier alpha value is -2.36. The summed E-state index contributed by atoms with van der Waals surface area (Å²) >= 11 is 0. The van der Waals surface area contributed by atoms with Crippen LogP contribution in [0.5, 0.6) is 5.75 Å². The van der Waals surface area contributed by atoms with Crippen molar-refractivity contribution in [1.29, 1.82) is 0 Å². The lowest BCUT2D eigenvalue weighted by atomic mass is 9.91. The summed E-state index contributed by atoms with van der Waals surface area (Å²) in [7, 11) is 1.70. The summed E-state index contributed by atoms with van der Waals surface area (Å²) in [6.45, 7) is 3.63. The highest BCUT2D eigenvalue weighted by Crippen LogP contribution is 2.24. The molecule has 1 aromatic heterocycles. The highest BCUT2D eigenvalue weighted by molar-refractivity contribution is 5.94. The Balaban J connectivity index is 1.57. The number of aryl methyl sites for hydroxylation is 2. The first-order valence-electron chi connectivity index (χ1n) is 9.00. The predicted octanol–water partition coefficient (Wildman–Crippen LogP) is 3.88. The zero-order valence-corrected chi connectivity index (χ0v) is 15.1. The number of amides is 1. The number of methoxy groups -OCH3 is 1. The molecule has 2 heterocycles. The van der Waals surface area contributed by atoms with E-state index < -0.39 is 0 Å². The normalized spacial score (nSPS) is 17.4. The number of aromatic nitrogens is 1. The lowest BCUT2D eigenvalue weighted by molar-refractivity contribution is 0.0668. The zero-order valence-electron chi connectivity index (χ0n) is 15.1. The van der Waals surface area contributed by atoms with Crippen LogP contribution in [0.1, 0.15) is 40.9 Å². The Bertz CT molecular complexity index is 712. The van der Waals surface area contributed by atoms with Gasteiger partial charge in [-0.05, 0) is 68.4 Å². The number of hydrogen-bond donors (Lipinski definition) is 0. The molecule has 1 aliphatic rings. The number of rotatable bonds is 5. The Morgan fingerprint density at radius 3 is 2.96 bits per heavy atom. The van der Waals surface area contributed by atoms with Gasteiger partial charge in [0.1, 0.15) is 5.75 Å². The lowest BCUT2D eigenvalue weighted by Crippen LogP contribution is -2.40. The van der Waals surface area contributed by atoms with E-state index in [1.807, 2.05) is 36.1 Å². The van der Waals surface area contributed by atoms with Crippen molar-refractivity contribution in [2.75, 3.05) is 20.2 Å². The molecule has 1 fully saturated rings. The summed E-state index contributed by atoms with van der Waals surface area (Å²) in [6.07, 6.45) is 6.09. The number of nitrogens with zero attached hydrogens (tertiary/aromatic N) is 2. The van der Waals surface area contributed by atoms with Gasteiger partial charge >= 0.3 is 0 Å². The number of piperidine rings is 1. The van der Waals surface area contributed by atoms with Crippen LogP contribution in [-0.2, 0) is 6.42 Å². The maximum atomic E-state index is 12.7. The minimum absolute atomic E-state index is 0.110. The van der Waals surface area contributed by atoms with E-state index in [1.54, 1.807) is 13.3 Å². The van der Waals surface area contributed by atoms with Crippen LogP contribution in [0.3, 0.4) is 0 Å². The smallest absolute Gasteiger partial charge is 0.255 e. The van der Waals surface area contributed by atoms with Gasteiger partial charge in [0.2, 0.25) is 0 Å². The van der Waals surface area contributed by atoms with Crippen molar-refractivity contribution in [2.24, 2.45) is 5.92 Å². The molecule has 0 saturated carbocycles. The molecule has 0 N–H and O–H groups in total. The van der Waals surface area contributed by atoms with Crippen LogP contribution in [0.4, 0.5) is 0 Å². The van der Waals surface area contributed by atoms with Gasteiger partial charge < -0.3 is 9.64 Å². The minimum atomic E-state index is 0.110. The predicted molar refractivity (Wildman–Crippen MR) is 98.9 cm³/mol. The molecule has 1 amide bonds. The van der Waals surface area contributed by atoms with Gasteiger partial charge in [-0.1, -0.05) is 12.1 Å². The first-order valence-corrected chi connectivity index (χ1v) is 9.00. The number of carbonyl (C=O) groups is 1. The Kier molecular flexibility index (Phi) is 5.69. The fourth-order valence-electron chi connectivity index (χ4n) is 3.46. The van der Waals surface area contributed by atoms with Gasteiger partial charge in [0, 0.05) is 25.0 Å². The fraction of sp³-hybridized carbons (Fsp3) is 0.429. The van der Waals surface area contributed by atoms with Gasteiger partial charge in [-0.2, -0.15) is 0 Å². The topological polar surface area (TPSA) is 42.4 Å². The summed E-state index contributed by atoms with van der Waals surface area (Å²) in [5.41, 5.74) is 2.93. The van der Waals surface area contributed by atoms with Gasteiger partial charge in [-0.25, -0.2) is 0 Å². The first kappa shape index (κ1) is 17.5. The van der Waals surface area contributed by atoms with Crippen molar-refractivity contribution in [3.8, 4) is 5.75 Å². The monoisotopic (exact) mass is 338 g/mol. The summed E-state index contributed by atoms with van der Waals surface area (Å²) in [6, 6.07) is 12.0. The van der Waals surface area contributed by atoms with Crippen LogP contribution in [-0.4, -0.2) is 36.0 Å². The third-order valence-electron chi connectivity index (χ3n) is 4.94. The summed E-state index contributed by atoms with van der Waals surface area (Å²) < 4.78 is 5.29. The standard InChI is InChI=1S/C21H26N2O2/c1-16-8-11-19(14-22-16)21(24)23-12-4-6-18(15-23)10-9-17-5-3-7-20(13-17)25-2/h3,5,7-8,11,13-14,18H,4,6,9-10,12,15H2,1-2H3. The quantitative estimate of drug-likeness (QED) is 0.831. The van der Waals surface area contributed by atoms with E-state index in [1.165, 1.54) is 12.0 Å². The van der Waals surface area contributed by atoms with Gasteiger partial charge in [0.25, 0.3) is 5.91 Å². The third kappa shape index (κ3) is 4.59. The average Bonchev–Trinajstić information content (AvgIpc) is 2.67. The number of ether oxygens (including phenoxy) is 1. The SMILES string of the molecule is COc1cccc(CCC2CCCN(C(=O)c3ccc(C)nc3)C2)c1. The van der Waals surface area contributed by atoms with Gasteiger partial charge in [-0.3, -0.25) is 9.78 Å². The molecular formula is C21H26N2O2. The summed E-state index contributed by atoms with van der Waals surface area (Å²) in [5.74, 6) is 1.57. The van der Waals surface area contributed by atoms with Gasteiger partial charge in [0.05, 0.1) is 12.7 Å².